The van der Waals surface area contributed by atoms with Crippen molar-refractivity contribution in [2.75, 3.05) is 25.5 Å². The van der Waals surface area contributed by atoms with Gasteiger partial charge in [-0.1, -0.05) is 24.0 Å². The molecule has 0 radical (unpaired) electrons. The number of hydrogen-bond acceptors (Lipinski definition) is 2. The van der Waals surface area contributed by atoms with Crippen LogP contribution in [0.4, 0.5) is 4.39 Å². The van der Waals surface area contributed by atoms with Crippen molar-refractivity contribution in [3.63, 3.8) is 0 Å². The first-order valence-electron chi connectivity index (χ1n) is 3.73. The highest BCUT2D eigenvalue weighted by Gasteiger charge is 2.04. The Labute approximate surface area is 77.3 Å². The van der Waals surface area contributed by atoms with Gasteiger partial charge in [-0.3, -0.25) is 4.39 Å². The highest BCUT2D eigenvalue weighted by Crippen LogP contribution is 2.08. The fraction of sp³-hybridized carbons (Fsp3) is 0.857. The maximum absolute atomic E-state index is 11.7. The minimum atomic E-state index is -0.300. The van der Waals surface area contributed by atoms with E-state index in [4.69, 9.17) is 12.2 Å². The third-order valence-corrected chi connectivity index (χ3v) is 2.80. The summed E-state index contributed by atoms with van der Waals surface area (Å²) in [5.41, 5.74) is 0. The number of alkyl halides is 1. The lowest BCUT2D eigenvalue weighted by atomic mass is 10.6. The van der Waals surface area contributed by atoms with E-state index < -0.39 is 0 Å². The molecule has 0 heterocycles. The molecule has 0 atom stereocenters. The fourth-order valence-corrected chi connectivity index (χ4v) is 1.90. The van der Waals surface area contributed by atoms with Gasteiger partial charge in [-0.15, -0.1) is 0 Å². The third-order valence-electron chi connectivity index (χ3n) is 1.32. The smallest absolute Gasteiger partial charge is 0.136 e. The molecule has 0 spiro atoms. The molecule has 0 aromatic heterocycles. The van der Waals surface area contributed by atoms with Crippen LogP contribution in [0.1, 0.15) is 13.8 Å². The molecule has 0 saturated carbocycles. The van der Waals surface area contributed by atoms with Gasteiger partial charge in [-0.2, -0.15) is 0 Å². The fourth-order valence-electron chi connectivity index (χ4n) is 0.699. The van der Waals surface area contributed by atoms with Gasteiger partial charge in [0.05, 0.1) is 6.67 Å². The highest BCUT2D eigenvalue weighted by molar-refractivity contribution is 8.22. The minimum absolute atomic E-state index is 0.300. The molecule has 0 rings (SSSR count). The highest BCUT2D eigenvalue weighted by atomic mass is 32.2. The number of halogens is 1. The predicted octanol–water partition coefficient (Wildman–Crippen LogP) is 2.32. The summed E-state index contributed by atoms with van der Waals surface area (Å²) < 4.78 is 12.5. The Kier molecular flexibility index (Phi) is 6.96. The Hall–Kier alpha value is 0.170. The summed E-state index contributed by atoms with van der Waals surface area (Å²) in [6.45, 7) is 5.62. The van der Waals surface area contributed by atoms with Crippen LogP contribution < -0.4 is 0 Å². The number of thioether (sulfide) groups is 1. The summed E-state index contributed by atoms with van der Waals surface area (Å²) in [5, 5.41) is 0. The number of thiocarbonyl (C=S) groups is 1. The van der Waals surface area contributed by atoms with Gasteiger partial charge in [0.25, 0.3) is 0 Å². The molecule has 0 N–H and O–H groups in total. The van der Waals surface area contributed by atoms with E-state index in [1.54, 1.807) is 0 Å². The molecule has 0 fully saturated rings. The second kappa shape index (κ2) is 6.85. The van der Waals surface area contributed by atoms with Crippen molar-refractivity contribution in [2.45, 2.75) is 13.8 Å². The molecule has 0 unspecified atom stereocenters. The number of rotatable bonds is 4. The van der Waals surface area contributed by atoms with Gasteiger partial charge in [0, 0.05) is 18.8 Å². The minimum Gasteiger partial charge on any atom is -0.358 e. The van der Waals surface area contributed by atoms with Gasteiger partial charge in [0.2, 0.25) is 0 Å². The molecule has 11 heavy (non-hydrogen) atoms. The van der Waals surface area contributed by atoms with Crippen molar-refractivity contribution in [2.24, 2.45) is 0 Å². The number of hydrogen-bond donors (Lipinski definition) is 0. The van der Waals surface area contributed by atoms with E-state index in [1.165, 1.54) is 11.8 Å². The zero-order valence-electron chi connectivity index (χ0n) is 6.97. The Morgan fingerprint density at radius 3 is 2.36 bits per heavy atom. The van der Waals surface area contributed by atoms with Crippen molar-refractivity contribution < 1.29 is 4.39 Å². The van der Waals surface area contributed by atoms with Crippen molar-refractivity contribution in [1.29, 1.82) is 0 Å². The van der Waals surface area contributed by atoms with Crippen molar-refractivity contribution in [3.8, 4) is 0 Å². The third kappa shape index (κ3) is 4.58. The van der Waals surface area contributed by atoms with Gasteiger partial charge in [-0.25, -0.2) is 0 Å². The van der Waals surface area contributed by atoms with Crippen molar-refractivity contribution >= 4 is 28.3 Å². The lowest BCUT2D eigenvalue weighted by Gasteiger charge is -2.20. The van der Waals surface area contributed by atoms with E-state index in [2.05, 4.69) is 4.90 Å². The molecular weight excluding hydrogens is 181 g/mol. The zero-order valence-corrected chi connectivity index (χ0v) is 8.60. The summed E-state index contributed by atoms with van der Waals surface area (Å²) in [7, 11) is 0. The average Bonchev–Trinajstić information content (AvgIpc) is 2.03. The van der Waals surface area contributed by atoms with Gasteiger partial charge < -0.3 is 4.90 Å². The molecule has 0 bridgehead atoms. The Morgan fingerprint density at radius 1 is 1.45 bits per heavy atom. The maximum atomic E-state index is 11.7. The lowest BCUT2D eigenvalue weighted by molar-refractivity contribution is 0.482. The monoisotopic (exact) mass is 195 g/mol. The van der Waals surface area contributed by atoms with Gasteiger partial charge in [0.1, 0.15) is 4.32 Å². The summed E-state index contributed by atoms with van der Waals surface area (Å²) in [4.78, 5) is 2.05. The summed E-state index contributed by atoms with van der Waals surface area (Å²) >= 11 is 6.48. The van der Waals surface area contributed by atoms with Crippen LogP contribution in [0, 0.1) is 0 Å². The molecule has 1 nitrogen and oxygen atoms in total. The van der Waals surface area contributed by atoms with E-state index in [0.29, 0.717) is 5.75 Å². The van der Waals surface area contributed by atoms with Crippen molar-refractivity contribution in [1.82, 2.24) is 4.90 Å². The normalized spacial score (nSPS) is 9.73. The molecule has 4 heteroatoms. The summed E-state index contributed by atoms with van der Waals surface area (Å²) in [6, 6.07) is 0. The zero-order chi connectivity index (χ0) is 8.69. The molecule has 66 valence electrons. The van der Waals surface area contributed by atoms with Crippen LogP contribution in [-0.4, -0.2) is 34.7 Å². The predicted molar refractivity (Wildman–Crippen MR) is 54.0 cm³/mol. The van der Waals surface area contributed by atoms with E-state index >= 15 is 0 Å². The molecule has 0 aliphatic carbocycles. The summed E-state index contributed by atoms with van der Waals surface area (Å²) in [6.07, 6.45) is 0. The molecule has 0 aliphatic heterocycles. The van der Waals surface area contributed by atoms with Gasteiger partial charge >= 0.3 is 0 Å². The topological polar surface area (TPSA) is 3.24 Å². The van der Waals surface area contributed by atoms with E-state index in [9.17, 15) is 4.39 Å². The molecule has 0 aliphatic rings. The van der Waals surface area contributed by atoms with Crippen LogP contribution in [0.2, 0.25) is 0 Å². The Balaban J connectivity index is 3.61. The van der Waals surface area contributed by atoms with Crippen molar-refractivity contribution in [3.05, 3.63) is 0 Å². The quantitative estimate of drug-likeness (QED) is 0.634. The van der Waals surface area contributed by atoms with Crippen LogP contribution in [0.15, 0.2) is 0 Å². The standard InChI is InChI=1S/C7H14FNS2/c1-3-9(4-2)7(10)11-6-5-8/h3-6H2,1-2H3. The Morgan fingerprint density at radius 2 is 2.00 bits per heavy atom. The molecule has 0 aromatic rings. The average molecular weight is 195 g/mol. The van der Waals surface area contributed by atoms with Crippen LogP contribution in [0.5, 0.6) is 0 Å². The molecule has 0 aromatic carbocycles. The maximum Gasteiger partial charge on any atom is 0.136 e. The SMILES string of the molecule is CCN(CC)C(=S)SCCF. The first-order valence-corrected chi connectivity index (χ1v) is 5.13. The molecule has 0 saturated heterocycles. The van der Waals surface area contributed by atoms with E-state index in [0.717, 1.165) is 17.4 Å². The largest absolute Gasteiger partial charge is 0.358 e. The summed E-state index contributed by atoms with van der Waals surface area (Å²) in [5.74, 6) is 0.481. The first kappa shape index (κ1) is 11.2. The van der Waals surface area contributed by atoms with Crippen LogP contribution in [0.25, 0.3) is 0 Å². The first-order chi connectivity index (χ1) is 5.26. The number of nitrogens with zero attached hydrogens (tertiary/aromatic N) is 1. The van der Waals surface area contributed by atoms with Crippen LogP contribution in [0.3, 0.4) is 0 Å². The molecular formula is C7H14FNS2. The second-order valence-electron chi connectivity index (χ2n) is 1.98. The van der Waals surface area contributed by atoms with Crippen LogP contribution in [-0.2, 0) is 0 Å². The van der Waals surface area contributed by atoms with Gasteiger partial charge in [0.15, 0.2) is 0 Å². The Bertz CT molecular complexity index is 115. The van der Waals surface area contributed by atoms with E-state index in [1.807, 2.05) is 13.8 Å². The van der Waals surface area contributed by atoms with E-state index in [-0.39, 0.29) is 6.67 Å². The molecule has 0 amide bonds. The second-order valence-corrected chi connectivity index (χ2v) is 3.70. The lowest BCUT2D eigenvalue weighted by Crippen LogP contribution is -2.26. The van der Waals surface area contributed by atoms with Gasteiger partial charge in [-0.05, 0) is 13.8 Å². The van der Waals surface area contributed by atoms with Crippen LogP contribution >= 0.6 is 24.0 Å².